The van der Waals surface area contributed by atoms with Gasteiger partial charge in [0.05, 0.1) is 18.1 Å². The van der Waals surface area contributed by atoms with E-state index in [0.717, 1.165) is 22.4 Å². The number of nitrogens with zero attached hydrogens (tertiary/aromatic N) is 3. The Morgan fingerprint density at radius 1 is 1.06 bits per heavy atom. The molecule has 0 atom stereocenters. The summed E-state index contributed by atoms with van der Waals surface area (Å²) in [5.74, 6) is 0.399. The molecule has 0 saturated heterocycles. The van der Waals surface area contributed by atoms with Crippen molar-refractivity contribution in [1.29, 1.82) is 0 Å². The van der Waals surface area contributed by atoms with E-state index in [1.165, 1.54) is 12.6 Å². The van der Waals surface area contributed by atoms with Gasteiger partial charge in [0.25, 0.3) is 0 Å². The fraction of sp³-hybridized carbons (Fsp3) is 0. The third kappa shape index (κ3) is 1.30. The van der Waals surface area contributed by atoms with Gasteiger partial charge in [-0.25, -0.2) is 9.97 Å². The monoisotopic (exact) mass is 212 g/mol. The minimum absolute atomic E-state index is 0.399. The number of rotatable bonds is 1. The van der Waals surface area contributed by atoms with Crippen LogP contribution in [0.1, 0.15) is 0 Å². The van der Waals surface area contributed by atoms with Gasteiger partial charge in [-0.15, -0.1) is 0 Å². The Morgan fingerprint density at radius 2 is 2.00 bits per heavy atom. The molecular formula is C11H8N4O. The first-order chi connectivity index (χ1) is 7.84. The summed E-state index contributed by atoms with van der Waals surface area (Å²) < 4.78 is 5.22. The van der Waals surface area contributed by atoms with E-state index in [9.17, 15) is 0 Å². The van der Waals surface area contributed by atoms with Crippen molar-refractivity contribution in [1.82, 2.24) is 15.0 Å². The lowest BCUT2D eigenvalue weighted by Crippen LogP contribution is -1.92. The zero-order valence-electron chi connectivity index (χ0n) is 8.29. The smallest absolute Gasteiger partial charge is 0.182 e. The van der Waals surface area contributed by atoms with E-state index in [0.29, 0.717) is 5.82 Å². The number of fused-ring (bicyclic) bond motifs is 1. The van der Waals surface area contributed by atoms with Gasteiger partial charge in [0.1, 0.15) is 11.3 Å². The van der Waals surface area contributed by atoms with Gasteiger partial charge in [-0.1, -0.05) is 12.1 Å². The lowest BCUT2D eigenvalue weighted by molar-refractivity contribution is 0.602. The predicted octanol–water partition coefficient (Wildman–Crippen LogP) is 1.87. The minimum Gasteiger partial charge on any atom is -0.443 e. The average molecular weight is 212 g/mol. The number of nitrogens with two attached hydrogens (primary N) is 1. The van der Waals surface area contributed by atoms with Crippen molar-refractivity contribution in [3.63, 3.8) is 0 Å². The molecule has 3 rings (SSSR count). The van der Waals surface area contributed by atoms with Crippen LogP contribution < -0.4 is 5.73 Å². The summed E-state index contributed by atoms with van der Waals surface area (Å²) in [4.78, 5) is 12.4. The molecule has 3 aromatic rings. The van der Waals surface area contributed by atoms with E-state index < -0.39 is 0 Å². The summed E-state index contributed by atoms with van der Waals surface area (Å²) in [6.45, 7) is 0. The van der Waals surface area contributed by atoms with Crippen LogP contribution in [0, 0.1) is 0 Å². The van der Waals surface area contributed by atoms with Gasteiger partial charge in [0, 0.05) is 5.56 Å². The third-order valence-electron chi connectivity index (χ3n) is 2.31. The van der Waals surface area contributed by atoms with Crippen LogP contribution in [0.15, 0.2) is 41.4 Å². The minimum atomic E-state index is 0.399. The average Bonchev–Trinajstić information content (AvgIpc) is 2.78. The SMILES string of the molecule is Nc1cnc(-c2cccc3ocnc23)cn1. The van der Waals surface area contributed by atoms with Crippen molar-refractivity contribution in [2.24, 2.45) is 0 Å². The maximum absolute atomic E-state index is 5.49. The molecule has 0 aliphatic rings. The Bertz CT molecular complexity index is 630. The van der Waals surface area contributed by atoms with E-state index in [4.69, 9.17) is 10.2 Å². The van der Waals surface area contributed by atoms with Crippen molar-refractivity contribution in [2.75, 3.05) is 5.73 Å². The molecule has 0 radical (unpaired) electrons. The molecule has 2 N–H and O–H groups in total. The Hall–Kier alpha value is -2.43. The lowest BCUT2D eigenvalue weighted by Gasteiger charge is -2.00. The summed E-state index contributed by atoms with van der Waals surface area (Å²) in [7, 11) is 0. The van der Waals surface area contributed by atoms with Crippen molar-refractivity contribution < 1.29 is 4.42 Å². The van der Waals surface area contributed by atoms with E-state index in [-0.39, 0.29) is 0 Å². The Labute approximate surface area is 91.0 Å². The highest BCUT2D eigenvalue weighted by molar-refractivity contribution is 5.89. The third-order valence-corrected chi connectivity index (χ3v) is 2.31. The number of oxazole rings is 1. The molecule has 1 aromatic carbocycles. The van der Waals surface area contributed by atoms with Crippen LogP contribution in [-0.4, -0.2) is 15.0 Å². The zero-order chi connectivity index (χ0) is 11.0. The molecule has 5 heteroatoms. The second-order valence-corrected chi connectivity index (χ2v) is 3.33. The zero-order valence-corrected chi connectivity index (χ0v) is 8.29. The summed E-state index contributed by atoms with van der Waals surface area (Å²) in [6.07, 6.45) is 4.56. The maximum Gasteiger partial charge on any atom is 0.182 e. The van der Waals surface area contributed by atoms with Crippen molar-refractivity contribution in [3.8, 4) is 11.3 Å². The van der Waals surface area contributed by atoms with Gasteiger partial charge >= 0.3 is 0 Å². The fourth-order valence-electron chi connectivity index (χ4n) is 1.57. The number of para-hydroxylation sites is 1. The highest BCUT2D eigenvalue weighted by Crippen LogP contribution is 2.25. The first kappa shape index (κ1) is 8.84. The van der Waals surface area contributed by atoms with E-state index >= 15 is 0 Å². The van der Waals surface area contributed by atoms with Crippen LogP contribution in [0.2, 0.25) is 0 Å². The topological polar surface area (TPSA) is 77.8 Å². The molecular weight excluding hydrogens is 204 g/mol. The van der Waals surface area contributed by atoms with Gasteiger partial charge in [-0.2, -0.15) is 0 Å². The van der Waals surface area contributed by atoms with E-state index in [1.807, 2.05) is 18.2 Å². The molecule has 5 nitrogen and oxygen atoms in total. The molecule has 0 amide bonds. The molecule has 78 valence electrons. The number of hydrogen-bond acceptors (Lipinski definition) is 5. The van der Waals surface area contributed by atoms with Crippen LogP contribution in [0.25, 0.3) is 22.4 Å². The summed E-state index contributed by atoms with van der Waals surface area (Å²) in [5.41, 5.74) is 8.62. The second-order valence-electron chi connectivity index (χ2n) is 3.33. The van der Waals surface area contributed by atoms with Gasteiger partial charge in [-0.3, -0.25) is 4.98 Å². The highest BCUT2D eigenvalue weighted by atomic mass is 16.3. The molecule has 2 aromatic heterocycles. The Balaban J connectivity index is 2.25. The molecule has 2 heterocycles. The summed E-state index contributed by atoms with van der Waals surface area (Å²) in [5, 5.41) is 0. The lowest BCUT2D eigenvalue weighted by atomic mass is 10.1. The Morgan fingerprint density at radius 3 is 2.81 bits per heavy atom. The predicted molar refractivity (Wildman–Crippen MR) is 59.4 cm³/mol. The largest absolute Gasteiger partial charge is 0.443 e. The van der Waals surface area contributed by atoms with Crippen LogP contribution in [0.5, 0.6) is 0 Å². The first-order valence-electron chi connectivity index (χ1n) is 4.75. The van der Waals surface area contributed by atoms with Crippen molar-refractivity contribution >= 4 is 16.9 Å². The second kappa shape index (κ2) is 3.30. The molecule has 0 bridgehead atoms. The number of nitrogen functional groups attached to an aromatic ring is 1. The number of benzene rings is 1. The van der Waals surface area contributed by atoms with E-state index in [1.54, 1.807) is 6.20 Å². The highest BCUT2D eigenvalue weighted by Gasteiger charge is 2.08. The molecule has 0 spiro atoms. The molecule has 0 aliphatic heterocycles. The first-order valence-corrected chi connectivity index (χ1v) is 4.75. The van der Waals surface area contributed by atoms with E-state index in [2.05, 4.69) is 15.0 Å². The van der Waals surface area contributed by atoms with Crippen LogP contribution in [-0.2, 0) is 0 Å². The van der Waals surface area contributed by atoms with Gasteiger partial charge in [0.2, 0.25) is 0 Å². The summed E-state index contributed by atoms with van der Waals surface area (Å²) in [6, 6.07) is 5.67. The van der Waals surface area contributed by atoms with Gasteiger partial charge in [0.15, 0.2) is 12.0 Å². The molecule has 0 aliphatic carbocycles. The number of aromatic nitrogens is 3. The standard InChI is InChI=1S/C11H8N4O/c12-10-5-13-8(4-14-10)7-2-1-3-9-11(7)15-6-16-9/h1-6H,(H2,12,14). The Kier molecular flexibility index (Phi) is 1.83. The van der Waals surface area contributed by atoms with Crippen molar-refractivity contribution in [2.45, 2.75) is 0 Å². The van der Waals surface area contributed by atoms with Gasteiger partial charge < -0.3 is 10.2 Å². The number of hydrogen-bond donors (Lipinski definition) is 1. The van der Waals surface area contributed by atoms with Crippen LogP contribution in [0.4, 0.5) is 5.82 Å². The maximum atomic E-state index is 5.49. The summed E-state index contributed by atoms with van der Waals surface area (Å²) >= 11 is 0. The van der Waals surface area contributed by atoms with Crippen molar-refractivity contribution in [3.05, 3.63) is 37.0 Å². The number of anilines is 1. The molecule has 16 heavy (non-hydrogen) atoms. The van der Waals surface area contributed by atoms with Gasteiger partial charge in [-0.05, 0) is 6.07 Å². The fourth-order valence-corrected chi connectivity index (χ4v) is 1.57. The molecule has 0 saturated carbocycles. The van der Waals surface area contributed by atoms with Crippen LogP contribution in [0.3, 0.4) is 0 Å². The molecule has 0 unspecified atom stereocenters. The molecule has 0 fully saturated rings. The van der Waals surface area contributed by atoms with Crippen LogP contribution >= 0.6 is 0 Å². The quantitative estimate of drug-likeness (QED) is 0.666. The normalized spacial score (nSPS) is 10.8.